The lowest BCUT2D eigenvalue weighted by atomic mass is 9.98. The maximum Gasteiger partial charge on any atom is 0.315 e. The Morgan fingerprint density at radius 2 is 1.42 bits per heavy atom. The van der Waals surface area contributed by atoms with E-state index in [-0.39, 0.29) is 30.8 Å². The molecule has 0 bridgehead atoms. The Kier molecular flexibility index (Phi) is 12.0. The topological polar surface area (TPSA) is 109 Å². The first-order valence-electron chi connectivity index (χ1n) is 16.7. The van der Waals surface area contributed by atoms with Gasteiger partial charge in [-0.1, -0.05) is 103 Å². The van der Waals surface area contributed by atoms with Crippen LogP contribution in [-0.2, 0) is 34.0 Å². The van der Waals surface area contributed by atoms with Crippen molar-refractivity contribution in [2.75, 3.05) is 11.1 Å². The van der Waals surface area contributed by atoms with Gasteiger partial charge in [0.1, 0.15) is 0 Å². The quantitative estimate of drug-likeness (QED) is 0.0987. The van der Waals surface area contributed by atoms with Crippen molar-refractivity contribution in [3.63, 3.8) is 0 Å². The summed E-state index contributed by atoms with van der Waals surface area (Å²) in [6, 6.07) is 41.6. The Balaban J connectivity index is 1.13. The zero-order valence-corrected chi connectivity index (χ0v) is 28.7. The van der Waals surface area contributed by atoms with Crippen molar-refractivity contribution in [1.82, 2.24) is 10.6 Å². The minimum absolute atomic E-state index is 0.00940. The fourth-order valence-electron chi connectivity index (χ4n) is 5.84. The molecule has 256 valence electrons. The van der Waals surface area contributed by atoms with E-state index in [9.17, 15) is 14.7 Å². The van der Waals surface area contributed by atoms with E-state index in [0.717, 1.165) is 55.3 Å². The Morgan fingerprint density at radius 3 is 2.14 bits per heavy atom. The van der Waals surface area contributed by atoms with Gasteiger partial charge in [-0.05, 0) is 57.6 Å². The van der Waals surface area contributed by atoms with Gasteiger partial charge in [0, 0.05) is 48.3 Å². The van der Waals surface area contributed by atoms with Gasteiger partial charge < -0.3 is 30.5 Å². The second kappa shape index (κ2) is 17.1. The number of nitrogens with one attached hydrogen (secondary N) is 3. The van der Waals surface area contributed by atoms with E-state index in [4.69, 9.17) is 9.47 Å². The molecule has 0 aliphatic carbocycles. The molecule has 50 heavy (non-hydrogen) atoms. The number of rotatable bonds is 12. The van der Waals surface area contributed by atoms with Crippen LogP contribution >= 0.6 is 11.8 Å². The zero-order chi connectivity index (χ0) is 34.7. The number of amides is 3. The summed E-state index contributed by atoms with van der Waals surface area (Å²) >= 11 is 1.70. The van der Waals surface area contributed by atoms with Crippen molar-refractivity contribution in [3.05, 3.63) is 155 Å². The largest absolute Gasteiger partial charge is 0.392 e. The van der Waals surface area contributed by atoms with Crippen LogP contribution in [0.5, 0.6) is 0 Å². The van der Waals surface area contributed by atoms with E-state index in [2.05, 4.69) is 34.1 Å². The molecule has 3 amide bonds. The minimum atomic E-state index is -0.571. The third kappa shape index (κ3) is 9.61. The molecule has 0 spiro atoms. The predicted octanol–water partition coefficient (Wildman–Crippen LogP) is 8.14. The molecule has 1 aliphatic heterocycles. The highest BCUT2D eigenvalue weighted by Crippen LogP contribution is 2.40. The molecule has 1 saturated heterocycles. The number of anilines is 1. The number of aliphatic hydroxyl groups is 1. The van der Waals surface area contributed by atoms with Crippen LogP contribution in [0.2, 0.25) is 0 Å². The Labute approximate surface area is 297 Å². The number of aliphatic hydroxyl groups excluding tert-OH is 1. The van der Waals surface area contributed by atoms with Crippen LogP contribution in [-0.4, -0.2) is 28.9 Å². The first-order chi connectivity index (χ1) is 24.4. The van der Waals surface area contributed by atoms with Gasteiger partial charge >= 0.3 is 6.03 Å². The summed E-state index contributed by atoms with van der Waals surface area (Å²) < 4.78 is 13.1. The molecular formula is C41H41N3O5S. The SMILES string of the molecule is CC(=O)Nc1ccc(SC[C@H]2C[C@@H](c3ccc(CO)cc3)O[C@@H](c3ccc(-c4ccccc4CNC(=O)NCc4ccccc4)cc3)O2)cc1. The number of hydrogen-bond acceptors (Lipinski definition) is 6. The van der Waals surface area contributed by atoms with Crippen LogP contribution in [0.3, 0.4) is 0 Å². The van der Waals surface area contributed by atoms with Crippen molar-refractivity contribution in [2.45, 2.75) is 56.4 Å². The summed E-state index contributed by atoms with van der Waals surface area (Å²) in [6.07, 6.45) is -0.161. The molecule has 0 radical (unpaired) electrons. The minimum Gasteiger partial charge on any atom is -0.392 e. The number of carbonyl (C=O) groups is 2. The molecule has 1 aliphatic rings. The molecule has 6 rings (SSSR count). The molecule has 9 heteroatoms. The average molecular weight is 688 g/mol. The Morgan fingerprint density at radius 1 is 0.740 bits per heavy atom. The van der Waals surface area contributed by atoms with Gasteiger partial charge in [0.05, 0.1) is 18.8 Å². The summed E-state index contributed by atoms with van der Waals surface area (Å²) in [6.45, 7) is 2.34. The molecule has 3 atom stereocenters. The van der Waals surface area contributed by atoms with E-state index in [0.29, 0.717) is 19.5 Å². The van der Waals surface area contributed by atoms with E-state index in [1.807, 2.05) is 109 Å². The number of hydrogen-bond donors (Lipinski definition) is 4. The first kappa shape index (κ1) is 34.9. The van der Waals surface area contributed by atoms with Crippen molar-refractivity contribution in [2.24, 2.45) is 0 Å². The van der Waals surface area contributed by atoms with Crippen LogP contribution in [0.15, 0.2) is 132 Å². The summed E-state index contributed by atoms with van der Waals surface area (Å²) in [4.78, 5) is 25.0. The lowest BCUT2D eigenvalue weighted by molar-refractivity contribution is -0.245. The Hall–Kier alpha value is -4.93. The molecule has 0 aromatic heterocycles. The summed E-state index contributed by atoms with van der Waals surface area (Å²) in [5.74, 6) is 0.626. The normalized spacial score (nSPS) is 17.1. The predicted molar refractivity (Wildman–Crippen MR) is 197 cm³/mol. The molecule has 1 fully saturated rings. The van der Waals surface area contributed by atoms with Crippen LogP contribution in [0.25, 0.3) is 11.1 Å². The smallest absolute Gasteiger partial charge is 0.315 e. The number of ether oxygens (including phenoxy) is 2. The molecule has 5 aromatic rings. The fourth-order valence-corrected chi connectivity index (χ4v) is 6.76. The van der Waals surface area contributed by atoms with Gasteiger partial charge in [0.15, 0.2) is 6.29 Å². The van der Waals surface area contributed by atoms with Crippen LogP contribution < -0.4 is 16.0 Å². The summed E-state index contributed by atoms with van der Waals surface area (Å²) in [5, 5.41) is 18.3. The number of benzene rings is 5. The van der Waals surface area contributed by atoms with Gasteiger partial charge in [0.25, 0.3) is 0 Å². The molecule has 1 heterocycles. The van der Waals surface area contributed by atoms with Crippen LogP contribution in [0.4, 0.5) is 10.5 Å². The highest BCUT2D eigenvalue weighted by atomic mass is 32.2. The second-order valence-corrected chi connectivity index (χ2v) is 13.3. The van der Waals surface area contributed by atoms with Gasteiger partial charge in [0.2, 0.25) is 5.91 Å². The van der Waals surface area contributed by atoms with Crippen molar-refractivity contribution >= 4 is 29.4 Å². The molecule has 0 saturated carbocycles. The van der Waals surface area contributed by atoms with E-state index >= 15 is 0 Å². The average Bonchev–Trinajstić information content (AvgIpc) is 3.16. The molecular weight excluding hydrogens is 647 g/mol. The van der Waals surface area contributed by atoms with Gasteiger partial charge in [-0.25, -0.2) is 4.79 Å². The van der Waals surface area contributed by atoms with Crippen molar-refractivity contribution in [1.29, 1.82) is 0 Å². The van der Waals surface area contributed by atoms with Gasteiger partial charge in [-0.2, -0.15) is 0 Å². The van der Waals surface area contributed by atoms with Gasteiger partial charge in [-0.15, -0.1) is 11.8 Å². The lowest BCUT2D eigenvalue weighted by Crippen LogP contribution is -2.34. The van der Waals surface area contributed by atoms with Crippen molar-refractivity contribution < 1.29 is 24.2 Å². The number of carbonyl (C=O) groups excluding carboxylic acids is 2. The highest BCUT2D eigenvalue weighted by Gasteiger charge is 2.32. The standard InChI is InChI=1S/C41H41N3O5S/c1-28(46)44-35-19-21-37(22-20-35)50-27-36-23-39(32-13-11-30(26-45)12-14-32)49-40(48-36)33-17-15-31(16-18-33)38-10-6-5-9-34(38)25-43-41(47)42-24-29-7-3-2-4-8-29/h2-22,36,39-40,45H,23-27H2,1H3,(H,44,46)(H2,42,43,47)/t36-,39+,40+/m1/s1. The highest BCUT2D eigenvalue weighted by molar-refractivity contribution is 7.99. The summed E-state index contributed by atoms with van der Waals surface area (Å²) in [5.41, 5.74) is 7.68. The number of thioether (sulfide) groups is 1. The lowest BCUT2D eigenvalue weighted by Gasteiger charge is -2.36. The van der Waals surface area contributed by atoms with E-state index in [1.165, 1.54) is 6.92 Å². The maximum absolute atomic E-state index is 12.5. The monoisotopic (exact) mass is 687 g/mol. The zero-order valence-electron chi connectivity index (χ0n) is 27.9. The summed E-state index contributed by atoms with van der Waals surface area (Å²) in [7, 11) is 0. The van der Waals surface area contributed by atoms with Crippen molar-refractivity contribution in [3.8, 4) is 11.1 Å². The maximum atomic E-state index is 12.5. The second-order valence-electron chi connectivity index (χ2n) is 12.2. The van der Waals surface area contributed by atoms with Crippen LogP contribution in [0, 0.1) is 0 Å². The van der Waals surface area contributed by atoms with Gasteiger partial charge in [-0.3, -0.25) is 4.79 Å². The molecule has 4 N–H and O–H groups in total. The molecule has 5 aromatic carbocycles. The fraction of sp³-hybridized carbons (Fsp3) is 0.220. The van der Waals surface area contributed by atoms with E-state index in [1.54, 1.807) is 11.8 Å². The third-order valence-electron chi connectivity index (χ3n) is 8.47. The Bertz CT molecular complexity index is 1850. The molecule has 0 unspecified atom stereocenters. The number of urea groups is 1. The molecule has 8 nitrogen and oxygen atoms in total. The van der Waals surface area contributed by atoms with Crippen LogP contribution in [0.1, 0.15) is 53.6 Å². The van der Waals surface area contributed by atoms with E-state index < -0.39 is 6.29 Å². The first-order valence-corrected chi connectivity index (χ1v) is 17.7. The third-order valence-corrected chi connectivity index (χ3v) is 9.62.